The van der Waals surface area contributed by atoms with Crippen LogP contribution in [-0.4, -0.2) is 13.1 Å². The van der Waals surface area contributed by atoms with E-state index in [0.717, 1.165) is 11.6 Å². The van der Waals surface area contributed by atoms with Gasteiger partial charge in [-0.25, -0.2) is 9.18 Å². The molecule has 0 aliphatic heterocycles. The lowest BCUT2D eigenvalue weighted by Crippen LogP contribution is -2.06. The van der Waals surface area contributed by atoms with E-state index in [9.17, 15) is 9.18 Å². The zero-order valence-corrected chi connectivity index (χ0v) is 11.3. The van der Waals surface area contributed by atoms with Gasteiger partial charge in [0.1, 0.15) is 6.61 Å². The second-order valence-corrected chi connectivity index (χ2v) is 4.23. The van der Waals surface area contributed by atoms with Gasteiger partial charge in [-0.2, -0.15) is 5.26 Å². The molecule has 0 spiro atoms. The minimum atomic E-state index is -0.624. The number of hydrogen-bond acceptors (Lipinski definition) is 4. The first-order valence-corrected chi connectivity index (χ1v) is 6.13. The molecular formula is C16H12FNO3. The molecule has 2 aromatic carbocycles. The zero-order valence-electron chi connectivity index (χ0n) is 11.3. The Kier molecular flexibility index (Phi) is 4.52. The maximum absolute atomic E-state index is 13.5. The number of ether oxygens (including phenoxy) is 2. The van der Waals surface area contributed by atoms with Crippen LogP contribution in [0, 0.1) is 17.1 Å². The molecule has 0 heterocycles. The molecule has 0 atom stereocenters. The number of nitriles is 1. The van der Waals surface area contributed by atoms with Crippen molar-refractivity contribution in [3.63, 3.8) is 0 Å². The number of esters is 1. The van der Waals surface area contributed by atoms with Crippen LogP contribution >= 0.6 is 0 Å². The van der Waals surface area contributed by atoms with Gasteiger partial charge in [0.15, 0.2) is 11.6 Å². The first-order valence-electron chi connectivity index (χ1n) is 6.13. The van der Waals surface area contributed by atoms with Gasteiger partial charge in [0.25, 0.3) is 0 Å². The molecule has 0 saturated carbocycles. The molecule has 0 N–H and O–H groups in total. The number of halogens is 1. The third kappa shape index (κ3) is 3.57. The molecule has 2 aromatic rings. The third-order valence-corrected chi connectivity index (χ3v) is 2.84. The monoisotopic (exact) mass is 285 g/mol. The predicted molar refractivity (Wildman–Crippen MR) is 73.2 cm³/mol. The lowest BCUT2D eigenvalue weighted by Gasteiger charge is -2.07. The highest BCUT2D eigenvalue weighted by molar-refractivity contribution is 5.89. The second-order valence-electron chi connectivity index (χ2n) is 4.23. The van der Waals surface area contributed by atoms with E-state index in [1.807, 2.05) is 6.07 Å². The van der Waals surface area contributed by atoms with Crippen molar-refractivity contribution in [3.05, 3.63) is 65.0 Å². The Morgan fingerprint density at radius 1 is 1.24 bits per heavy atom. The van der Waals surface area contributed by atoms with Crippen LogP contribution in [0.2, 0.25) is 0 Å². The molecule has 0 aliphatic rings. The van der Waals surface area contributed by atoms with Gasteiger partial charge in [0.2, 0.25) is 0 Å². The van der Waals surface area contributed by atoms with E-state index >= 15 is 0 Å². The maximum atomic E-state index is 13.5. The largest absolute Gasteiger partial charge is 0.494 e. The molecule has 0 fully saturated rings. The van der Waals surface area contributed by atoms with Crippen molar-refractivity contribution in [2.45, 2.75) is 6.61 Å². The SMILES string of the molecule is COc1ccc(C(=O)OCc2ccc(C#N)cc2)cc1F. The molecule has 0 bridgehead atoms. The van der Waals surface area contributed by atoms with Gasteiger partial charge >= 0.3 is 5.97 Å². The summed E-state index contributed by atoms with van der Waals surface area (Å²) in [6.07, 6.45) is 0. The molecule has 106 valence electrons. The van der Waals surface area contributed by atoms with Crippen LogP contribution in [0.25, 0.3) is 0 Å². The quantitative estimate of drug-likeness (QED) is 0.810. The average Bonchev–Trinajstić information content (AvgIpc) is 2.53. The van der Waals surface area contributed by atoms with Gasteiger partial charge in [-0.05, 0) is 35.9 Å². The minimum Gasteiger partial charge on any atom is -0.494 e. The average molecular weight is 285 g/mol. The molecule has 0 unspecified atom stereocenters. The normalized spacial score (nSPS) is 9.76. The van der Waals surface area contributed by atoms with E-state index in [1.165, 1.54) is 19.2 Å². The van der Waals surface area contributed by atoms with Gasteiger partial charge in [0.05, 0.1) is 24.3 Å². The Morgan fingerprint density at radius 2 is 1.95 bits per heavy atom. The van der Waals surface area contributed by atoms with Crippen LogP contribution in [-0.2, 0) is 11.3 Å². The van der Waals surface area contributed by atoms with E-state index in [1.54, 1.807) is 24.3 Å². The van der Waals surface area contributed by atoms with E-state index in [4.69, 9.17) is 14.7 Å². The number of methoxy groups -OCH3 is 1. The lowest BCUT2D eigenvalue weighted by molar-refractivity contribution is 0.0472. The molecular weight excluding hydrogens is 273 g/mol. The van der Waals surface area contributed by atoms with Crippen molar-refractivity contribution in [1.29, 1.82) is 5.26 Å². The molecule has 0 aliphatic carbocycles. The zero-order chi connectivity index (χ0) is 15.2. The number of carbonyl (C=O) groups excluding carboxylic acids is 1. The standard InChI is InChI=1S/C16H12FNO3/c1-20-15-7-6-13(8-14(15)17)16(19)21-10-12-4-2-11(9-18)3-5-12/h2-8H,10H2,1H3. The van der Waals surface area contributed by atoms with Gasteiger partial charge in [-0.1, -0.05) is 12.1 Å². The topological polar surface area (TPSA) is 59.3 Å². The highest BCUT2D eigenvalue weighted by Crippen LogP contribution is 2.18. The van der Waals surface area contributed by atoms with Crippen molar-refractivity contribution in [3.8, 4) is 11.8 Å². The molecule has 0 saturated heterocycles. The summed E-state index contributed by atoms with van der Waals surface area (Å²) in [5.41, 5.74) is 1.39. The summed E-state index contributed by atoms with van der Waals surface area (Å²) in [5.74, 6) is -1.18. The number of benzene rings is 2. The number of nitrogens with zero attached hydrogens (tertiary/aromatic N) is 1. The smallest absolute Gasteiger partial charge is 0.338 e. The Morgan fingerprint density at radius 3 is 2.52 bits per heavy atom. The summed E-state index contributed by atoms with van der Waals surface area (Å²) in [4.78, 5) is 11.8. The van der Waals surface area contributed by atoms with Gasteiger partial charge < -0.3 is 9.47 Å². The molecule has 2 rings (SSSR count). The van der Waals surface area contributed by atoms with E-state index in [0.29, 0.717) is 5.56 Å². The lowest BCUT2D eigenvalue weighted by atomic mass is 10.1. The van der Waals surface area contributed by atoms with Crippen molar-refractivity contribution in [2.24, 2.45) is 0 Å². The summed E-state index contributed by atoms with van der Waals surface area (Å²) in [5, 5.41) is 8.68. The van der Waals surface area contributed by atoms with Crippen molar-refractivity contribution in [1.82, 2.24) is 0 Å². The fraction of sp³-hybridized carbons (Fsp3) is 0.125. The fourth-order valence-corrected chi connectivity index (χ4v) is 1.70. The van der Waals surface area contributed by atoms with Crippen LogP contribution in [0.5, 0.6) is 5.75 Å². The molecule has 21 heavy (non-hydrogen) atoms. The van der Waals surface area contributed by atoms with Gasteiger partial charge in [0, 0.05) is 0 Å². The van der Waals surface area contributed by atoms with Crippen LogP contribution in [0.1, 0.15) is 21.5 Å². The molecule has 0 aromatic heterocycles. The van der Waals surface area contributed by atoms with Crippen LogP contribution in [0.15, 0.2) is 42.5 Å². The van der Waals surface area contributed by atoms with Crippen molar-refractivity contribution in [2.75, 3.05) is 7.11 Å². The summed E-state index contributed by atoms with van der Waals surface area (Å²) < 4.78 is 23.4. The maximum Gasteiger partial charge on any atom is 0.338 e. The van der Waals surface area contributed by atoms with E-state index in [2.05, 4.69) is 0 Å². The first kappa shape index (κ1) is 14.5. The summed E-state index contributed by atoms with van der Waals surface area (Å²) in [7, 11) is 1.35. The summed E-state index contributed by atoms with van der Waals surface area (Å²) in [6, 6.07) is 12.5. The minimum absolute atomic E-state index is 0.0538. The van der Waals surface area contributed by atoms with Crippen molar-refractivity contribution >= 4 is 5.97 Å². The number of hydrogen-bond donors (Lipinski definition) is 0. The van der Waals surface area contributed by atoms with Gasteiger partial charge in [-0.15, -0.1) is 0 Å². The fourth-order valence-electron chi connectivity index (χ4n) is 1.70. The summed E-state index contributed by atoms with van der Waals surface area (Å²) in [6.45, 7) is 0.0538. The summed E-state index contributed by atoms with van der Waals surface area (Å²) >= 11 is 0. The Bertz CT molecular complexity index is 690. The molecule has 0 amide bonds. The first-order chi connectivity index (χ1) is 10.1. The molecule has 5 heteroatoms. The number of carbonyl (C=O) groups is 1. The highest BCUT2D eigenvalue weighted by Gasteiger charge is 2.11. The molecule has 4 nitrogen and oxygen atoms in total. The Labute approximate surface area is 121 Å². The third-order valence-electron chi connectivity index (χ3n) is 2.84. The molecule has 0 radical (unpaired) electrons. The Balaban J connectivity index is 2.01. The van der Waals surface area contributed by atoms with Crippen LogP contribution in [0.3, 0.4) is 0 Å². The number of rotatable bonds is 4. The van der Waals surface area contributed by atoms with Gasteiger partial charge in [-0.3, -0.25) is 0 Å². The van der Waals surface area contributed by atoms with E-state index in [-0.39, 0.29) is 17.9 Å². The Hall–Kier alpha value is -2.87. The van der Waals surface area contributed by atoms with Crippen LogP contribution < -0.4 is 4.74 Å². The van der Waals surface area contributed by atoms with E-state index < -0.39 is 11.8 Å². The highest BCUT2D eigenvalue weighted by atomic mass is 19.1. The van der Waals surface area contributed by atoms with Crippen molar-refractivity contribution < 1.29 is 18.7 Å². The predicted octanol–water partition coefficient (Wildman–Crippen LogP) is 3.06. The second kappa shape index (κ2) is 6.53. The van der Waals surface area contributed by atoms with Crippen LogP contribution in [0.4, 0.5) is 4.39 Å².